The Labute approximate surface area is 164 Å². The maximum absolute atomic E-state index is 13.1. The molecule has 0 aliphatic carbocycles. The zero-order valence-corrected chi connectivity index (χ0v) is 16.7. The van der Waals surface area contributed by atoms with E-state index in [2.05, 4.69) is 15.5 Å². The topological polar surface area (TPSA) is 77.2 Å². The van der Waals surface area contributed by atoms with Crippen LogP contribution in [0.3, 0.4) is 0 Å². The van der Waals surface area contributed by atoms with Gasteiger partial charge in [-0.15, -0.1) is 0 Å². The van der Waals surface area contributed by atoms with Crippen molar-refractivity contribution < 1.29 is 9.53 Å². The van der Waals surface area contributed by atoms with Gasteiger partial charge < -0.3 is 9.64 Å². The number of amides is 2. The molecule has 1 N–H and O–H groups in total. The summed E-state index contributed by atoms with van der Waals surface area (Å²) in [6, 6.07) is 9.73. The van der Waals surface area contributed by atoms with Crippen LogP contribution in [0.1, 0.15) is 11.3 Å². The summed E-state index contributed by atoms with van der Waals surface area (Å²) in [6.07, 6.45) is 3.66. The van der Waals surface area contributed by atoms with Gasteiger partial charge in [0.05, 0.1) is 25.0 Å². The first-order valence-corrected chi connectivity index (χ1v) is 9.11. The number of nitrogens with zero attached hydrogens (tertiary/aromatic N) is 5. The van der Waals surface area contributed by atoms with E-state index in [0.717, 1.165) is 22.4 Å². The zero-order valence-electron chi connectivity index (χ0n) is 16.7. The van der Waals surface area contributed by atoms with Gasteiger partial charge in [-0.1, -0.05) is 30.3 Å². The molecule has 148 valence electrons. The van der Waals surface area contributed by atoms with Crippen molar-refractivity contribution in [3.63, 3.8) is 0 Å². The molecular weight excluding hydrogens is 356 g/mol. The molecule has 0 radical (unpaired) electrons. The lowest BCUT2D eigenvalue weighted by molar-refractivity contribution is 0.152. The quantitative estimate of drug-likeness (QED) is 0.682. The van der Waals surface area contributed by atoms with Crippen LogP contribution in [0.15, 0.2) is 42.7 Å². The van der Waals surface area contributed by atoms with Gasteiger partial charge in [-0.05, 0) is 12.5 Å². The van der Waals surface area contributed by atoms with Crippen molar-refractivity contribution in [1.82, 2.24) is 24.5 Å². The van der Waals surface area contributed by atoms with Gasteiger partial charge in [0.2, 0.25) is 0 Å². The van der Waals surface area contributed by atoms with Crippen LogP contribution in [-0.2, 0) is 25.4 Å². The number of aromatic nitrogens is 4. The SMILES string of the molecule is COCCN(Cc1cnn(C)c1)C(=O)Nc1c(-c2ccccc2)c(C)nn1C. The lowest BCUT2D eigenvalue weighted by Gasteiger charge is -2.22. The average molecular weight is 382 g/mol. The summed E-state index contributed by atoms with van der Waals surface area (Å²) >= 11 is 0. The van der Waals surface area contributed by atoms with Crippen molar-refractivity contribution in [1.29, 1.82) is 0 Å². The molecular formula is C20H26N6O2. The monoisotopic (exact) mass is 382 g/mol. The van der Waals surface area contributed by atoms with Gasteiger partial charge in [0.15, 0.2) is 0 Å². The number of carbonyl (C=O) groups excluding carboxylic acids is 1. The highest BCUT2D eigenvalue weighted by atomic mass is 16.5. The molecule has 2 aromatic heterocycles. The van der Waals surface area contributed by atoms with Gasteiger partial charge in [0.25, 0.3) is 0 Å². The largest absolute Gasteiger partial charge is 0.383 e. The first kappa shape index (κ1) is 19.6. The molecule has 0 bridgehead atoms. The van der Waals surface area contributed by atoms with Crippen molar-refractivity contribution >= 4 is 11.8 Å². The number of anilines is 1. The molecule has 2 heterocycles. The Hall–Kier alpha value is -3.13. The first-order chi connectivity index (χ1) is 13.5. The third kappa shape index (κ3) is 4.40. The van der Waals surface area contributed by atoms with E-state index >= 15 is 0 Å². The van der Waals surface area contributed by atoms with Crippen LogP contribution >= 0.6 is 0 Å². The predicted octanol–water partition coefficient (Wildman–Crippen LogP) is 2.81. The molecule has 0 saturated carbocycles. The van der Waals surface area contributed by atoms with E-state index in [1.807, 2.05) is 57.5 Å². The lowest BCUT2D eigenvalue weighted by atomic mass is 10.1. The van der Waals surface area contributed by atoms with E-state index < -0.39 is 0 Å². The number of carbonyl (C=O) groups is 1. The highest BCUT2D eigenvalue weighted by Gasteiger charge is 2.21. The Morgan fingerprint density at radius 3 is 2.64 bits per heavy atom. The molecule has 0 aliphatic heterocycles. The summed E-state index contributed by atoms with van der Waals surface area (Å²) in [5.41, 5.74) is 3.75. The Balaban J connectivity index is 1.85. The van der Waals surface area contributed by atoms with E-state index in [1.165, 1.54) is 0 Å². The number of benzene rings is 1. The third-order valence-corrected chi connectivity index (χ3v) is 4.49. The number of urea groups is 1. The summed E-state index contributed by atoms with van der Waals surface area (Å²) in [7, 11) is 5.31. The minimum Gasteiger partial charge on any atom is -0.383 e. The molecule has 0 fully saturated rings. The second kappa shape index (κ2) is 8.71. The third-order valence-electron chi connectivity index (χ3n) is 4.49. The second-order valence-electron chi connectivity index (χ2n) is 6.67. The first-order valence-electron chi connectivity index (χ1n) is 9.11. The zero-order chi connectivity index (χ0) is 20.1. The van der Waals surface area contributed by atoms with Gasteiger partial charge >= 0.3 is 6.03 Å². The number of nitrogens with one attached hydrogen (secondary N) is 1. The highest BCUT2D eigenvalue weighted by molar-refractivity contribution is 5.93. The number of ether oxygens (including phenoxy) is 1. The van der Waals surface area contributed by atoms with Crippen molar-refractivity contribution in [3.05, 3.63) is 54.0 Å². The van der Waals surface area contributed by atoms with E-state index in [0.29, 0.717) is 25.5 Å². The van der Waals surface area contributed by atoms with Gasteiger partial charge in [0.1, 0.15) is 5.82 Å². The summed E-state index contributed by atoms with van der Waals surface area (Å²) in [5, 5.41) is 11.7. The van der Waals surface area contributed by atoms with Crippen molar-refractivity contribution in [2.24, 2.45) is 14.1 Å². The Morgan fingerprint density at radius 2 is 2.00 bits per heavy atom. The number of hydrogen-bond donors (Lipinski definition) is 1. The van der Waals surface area contributed by atoms with Crippen LogP contribution in [0.5, 0.6) is 0 Å². The molecule has 3 rings (SSSR count). The van der Waals surface area contributed by atoms with Crippen LogP contribution in [-0.4, -0.2) is 50.8 Å². The molecule has 0 atom stereocenters. The summed E-state index contributed by atoms with van der Waals surface area (Å²) in [6.45, 7) is 3.30. The van der Waals surface area contributed by atoms with Gasteiger partial charge in [-0.2, -0.15) is 10.2 Å². The number of methoxy groups -OCH3 is 1. The van der Waals surface area contributed by atoms with E-state index in [4.69, 9.17) is 4.74 Å². The summed E-state index contributed by atoms with van der Waals surface area (Å²) in [5.74, 6) is 0.669. The molecule has 1 aromatic carbocycles. The molecule has 28 heavy (non-hydrogen) atoms. The fraction of sp³-hybridized carbons (Fsp3) is 0.350. The Bertz CT molecular complexity index is 932. The molecule has 0 saturated heterocycles. The fourth-order valence-electron chi connectivity index (χ4n) is 3.16. The number of rotatable bonds is 7. The molecule has 2 amide bonds. The van der Waals surface area contributed by atoms with Crippen LogP contribution in [0.2, 0.25) is 0 Å². The maximum Gasteiger partial charge on any atom is 0.323 e. The molecule has 8 nitrogen and oxygen atoms in total. The minimum atomic E-state index is -0.207. The smallest absolute Gasteiger partial charge is 0.323 e. The van der Waals surface area contributed by atoms with Gasteiger partial charge in [-0.3, -0.25) is 14.7 Å². The average Bonchev–Trinajstić information content (AvgIpc) is 3.21. The van der Waals surface area contributed by atoms with E-state index in [9.17, 15) is 4.79 Å². The van der Waals surface area contributed by atoms with E-state index in [-0.39, 0.29) is 6.03 Å². The lowest BCUT2D eigenvalue weighted by Crippen LogP contribution is -2.37. The van der Waals surface area contributed by atoms with Crippen molar-refractivity contribution in [2.75, 3.05) is 25.6 Å². The summed E-state index contributed by atoms with van der Waals surface area (Å²) in [4.78, 5) is 14.8. The van der Waals surface area contributed by atoms with Crippen LogP contribution in [0, 0.1) is 6.92 Å². The Morgan fingerprint density at radius 1 is 1.25 bits per heavy atom. The van der Waals surface area contributed by atoms with Gasteiger partial charge in [-0.25, -0.2) is 4.79 Å². The van der Waals surface area contributed by atoms with Crippen molar-refractivity contribution in [3.8, 4) is 11.1 Å². The molecule has 8 heteroatoms. The molecule has 0 unspecified atom stereocenters. The van der Waals surface area contributed by atoms with Crippen molar-refractivity contribution in [2.45, 2.75) is 13.5 Å². The number of aryl methyl sites for hydroxylation is 3. The fourth-order valence-corrected chi connectivity index (χ4v) is 3.16. The van der Waals surface area contributed by atoms with E-state index in [1.54, 1.807) is 27.6 Å². The van der Waals surface area contributed by atoms with Gasteiger partial charge in [0, 0.05) is 45.1 Å². The van der Waals surface area contributed by atoms with Crippen LogP contribution in [0.4, 0.5) is 10.6 Å². The molecule has 0 spiro atoms. The molecule has 3 aromatic rings. The Kier molecular flexibility index (Phi) is 6.10. The standard InChI is InChI=1S/C20H26N6O2/c1-15-18(17-8-6-5-7-9-17)19(25(3)23-15)22-20(27)26(10-11-28-4)14-16-12-21-24(2)13-16/h5-9,12-13H,10-11,14H2,1-4H3,(H,22,27). The normalized spacial score (nSPS) is 10.9. The van der Waals surface area contributed by atoms with Crippen LogP contribution in [0.25, 0.3) is 11.1 Å². The molecule has 0 aliphatic rings. The summed E-state index contributed by atoms with van der Waals surface area (Å²) < 4.78 is 8.60. The number of hydrogen-bond acceptors (Lipinski definition) is 4. The van der Waals surface area contributed by atoms with Crippen LogP contribution < -0.4 is 5.32 Å². The minimum absolute atomic E-state index is 0.207. The predicted molar refractivity (Wildman–Crippen MR) is 108 cm³/mol. The highest BCUT2D eigenvalue weighted by Crippen LogP contribution is 2.31. The second-order valence-corrected chi connectivity index (χ2v) is 6.67. The maximum atomic E-state index is 13.1.